The summed E-state index contributed by atoms with van der Waals surface area (Å²) in [6.07, 6.45) is 2.24. The molecule has 5 nitrogen and oxygen atoms in total. The first-order valence-corrected chi connectivity index (χ1v) is 7.61. The van der Waals surface area contributed by atoms with Gasteiger partial charge in [0.05, 0.1) is 5.41 Å². The van der Waals surface area contributed by atoms with Crippen LogP contribution in [0.1, 0.15) is 37.4 Å². The quantitative estimate of drug-likeness (QED) is 0.744. The van der Waals surface area contributed by atoms with Crippen LogP contribution in [0.5, 0.6) is 0 Å². The maximum Gasteiger partial charge on any atom is 0.268 e. The van der Waals surface area contributed by atoms with E-state index in [1.54, 1.807) is 0 Å². The lowest BCUT2D eigenvalue weighted by atomic mass is 9.85. The molecule has 0 N–H and O–H groups in total. The van der Waals surface area contributed by atoms with Crippen molar-refractivity contribution in [2.45, 2.75) is 38.6 Å². The lowest BCUT2D eigenvalue weighted by molar-refractivity contribution is 0.419. The molecule has 1 aromatic carbocycles. The van der Waals surface area contributed by atoms with Gasteiger partial charge in [0, 0.05) is 12.2 Å². The van der Waals surface area contributed by atoms with E-state index in [0.29, 0.717) is 11.8 Å². The van der Waals surface area contributed by atoms with Crippen molar-refractivity contribution in [3.05, 3.63) is 53.5 Å². The second-order valence-corrected chi connectivity index (χ2v) is 6.25. The highest BCUT2D eigenvalue weighted by Gasteiger charge is 2.30. The number of fused-ring (bicyclic) bond motifs is 1. The highest BCUT2D eigenvalue weighted by atomic mass is 16.4. The number of nitrogens with zero attached hydrogens (tertiary/aromatic N) is 4. The average molecular weight is 294 g/mol. The van der Waals surface area contributed by atoms with Gasteiger partial charge in [0.25, 0.3) is 5.89 Å². The van der Waals surface area contributed by atoms with Crippen LogP contribution in [0.4, 0.5) is 0 Å². The maximum atomic E-state index is 5.93. The van der Waals surface area contributed by atoms with Crippen molar-refractivity contribution < 1.29 is 4.42 Å². The topological polar surface area (TPSA) is 56.7 Å². The monoisotopic (exact) mass is 294 g/mol. The predicted octanol–water partition coefficient (Wildman–Crippen LogP) is 3.21. The molecule has 0 aliphatic carbocycles. The smallest absolute Gasteiger partial charge is 0.268 e. The third-order valence-corrected chi connectivity index (χ3v) is 4.34. The van der Waals surface area contributed by atoms with E-state index in [1.807, 2.05) is 22.9 Å². The van der Waals surface area contributed by atoms with Gasteiger partial charge in [-0.25, -0.2) is 0 Å². The summed E-state index contributed by atoms with van der Waals surface area (Å²) in [6.45, 7) is 5.16. The van der Waals surface area contributed by atoms with Gasteiger partial charge in [-0.1, -0.05) is 30.3 Å². The van der Waals surface area contributed by atoms with E-state index < -0.39 is 0 Å². The molecule has 0 saturated carbocycles. The Bertz CT molecular complexity index is 780. The van der Waals surface area contributed by atoms with Crippen LogP contribution in [0.2, 0.25) is 0 Å². The minimum absolute atomic E-state index is 0.324. The van der Waals surface area contributed by atoms with E-state index in [-0.39, 0.29) is 5.41 Å². The van der Waals surface area contributed by atoms with Gasteiger partial charge in [-0.05, 0) is 38.3 Å². The Labute approximate surface area is 129 Å². The maximum absolute atomic E-state index is 5.93. The van der Waals surface area contributed by atoms with Gasteiger partial charge < -0.3 is 4.42 Å². The molecular formula is C17H18N4O. The summed E-state index contributed by atoms with van der Waals surface area (Å²) in [4.78, 5) is 0. The minimum Gasteiger partial charge on any atom is -0.418 e. The molecule has 4 rings (SSSR count). The molecule has 1 aliphatic rings. The second-order valence-electron chi connectivity index (χ2n) is 6.25. The Kier molecular flexibility index (Phi) is 2.89. The van der Waals surface area contributed by atoms with Gasteiger partial charge in [0.1, 0.15) is 5.69 Å². The van der Waals surface area contributed by atoms with E-state index in [1.165, 1.54) is 12.1 Å². The van der Waals surface area contributed by atoms with Gasteiger partial charge >= 0.3 is 0 Å². The molecule has 5 heteroatoms. The lowest BCUT2D eigenvalue weighted by Gasteiger charge is -2.20. The minimum atomic E-state index is -0.324. The fourth-order valence-electron chi connectivity index (χ4n) is 2.92. The zero-order chi connectivity index (χ0) is 15.2. The molecule has 112 valence electrons. The van der Waals surface area contributed by atoms with E-state index in [9.17, 15) is 0 Å². The van der Waals surface area contributed by atoms with Crippen LogP contribution in [0.15, 0.2) is 40.8 Å². The normalized spacial score (nSPS) is 14.3. The molecule has 0 radical (unpaired) electrons. The first kappa shape index (κ1) is 13.2. The zero-order valence-corrected chi connectivity index (χ0v) is 12.8. The fourth-order valence-corrected chi connectivity index (χ4v) is 2.92. The molecule has 0 bridgehead atoms. The third kappa shape index (κ3) is 2.04. The molecule has 0 unspecified atom stereocenters. The summed E-state index contributed by atoms with van der Waals surface area (Å²) in [7, 11) is 0. The molecular weight excluding hydrogens is 276 g/mol. The van der Waals surface area contributed by atoms with Crippen molar-refractivity contribution in [1.29, 1.82) is 0 Å². The van der Waals surface area contributed by atoms with Gasteiger partial charge in [-0.3, -0.25) is 4.68 Å². The third-order valence-electron chi connectivity index (χ3n) is 4.34. The largest absolute Gasteiger partial charge is 0.418 e. The Hall–Kier alpha value is -2.43. The predicted molar refractivity (Wildman–Crippen MR) is 82.4 cm³/mol. The van der Waals surface area contributed by atoms with Crippen molar-refractivity contribution in [2.24, 2.45) is 0 Å². The van der Waals surface area contributed by atoms with Crippen molar-refractivity contribution in [2.75, 3.05) is 0 Å². The molecule has 1 aliphatic heterocycles. The molecule has 0 atom stereocenters. The van der Waals surface area contributed by atoms with Gasteiger partial charge in [0.15, 0.2) is 0 Å². The number of hydrogen-bond donors (Lipinski definition) is 0. The highest BCUT2D eigenvalue weighted by molar-refractivity contribution is 5.47. The molecule has 0 spiro atoms. The van der Waals surface area contributed by atoms with Gasteiger partial charge in [-0.15, -0.1) is 10.2 Å². The van der Waals surface area contributed by atoms with Gasteiger partial charge in [0.2, 0.25) is 5.89 Å². The van der Waals surface area contributed by atoms with Crippen LogP contribution in [0, 0.1) is 0 Å². The lowest BCUT2D eigenvalue weighted by Crippen LogP contribution is -2.19. The summed E-state index contributed by atoms with van der Waals surface area (Å²) < 4.78 is 7.96. The first-order chi connectivity index (χ1) is 10.6. The van der Waals surface area contributed by atoms with Crippen molar-refractivity contribution in [1.82, 2.24) is 20.0 Å². The van der Waals surface area contributed by atoms with Crippen molar-refractivity contribution in [3.63, 3.8) is 0 Å². The molecule has 22 heavy (non-hydrogen) atoms. The SMILES string of the molecule is CC(C)(c1ccccc1)c1nnc(-c2cc3n(n2)CCC3)o1. The van der Waals surface area contributed by atoms with Crippen LogP contribution < -0.4 is 0 Å². The van der Waals surface area contributed by atoms with Crippen LogP contribution in [0.3, 0.4) is 0 Å². The Morgan fingerprint density at radius 2 is 1.95 bits per heavy atom. The summed E-state index contributed by atoms with van der Waals surface area (Å²) in [6, 6.07) is 12.3. The number of aromatic nitrogens is 4. The summed E-state index contributed by atoms with van der Waals surface area (Å²) in [5.41, 5.74) is 2.85. The van der Waals surface area contributed by atoms with Crippen molar-refractivity contribution in [3.8, 4) is 11.6 Å². The summed E-state index contributed by atoms with van der Waals surface area (Å²) in [5, 5.41) is 13.0. The fraction of sp³-hybridized carbons (Fsp3) is 0.353. The number of benzene rings is 1. The van der Waals surface area contributed by atoms with Crippen LogP contribution in [-0.4, -0.2) is 20.0 Å². The molecule has 3 aromatic rings. The standard InChI is InChI=1S/C17H18N4O/c1-17(2,12-7-4-3-5-8-12)16-19-18-15(22-16)14-11-13-9-6-10-21(13)20-14/h3-5,7-8,11H,6,9-10H2,1-2H3. The number of aryl methyl sites for hydroxylation is 2. The molecule has 3 heterocycles. The Balaban J connectivity index is 1.69. The van der Waals surface area contributed by atoms with E-state index in [0.717, 1.165) is 24.2 Å². The van der Waals surface area contributed by atoms with E-state index in [2.05, 4.69) is 47.3 Å². The Morgan fingerprint density at radius 3 is 2.73 bits per heavy atom. The van der Waals surface area contributed by atoms with Crippen LogP contribution in [-0.2, 0) is 18.4 Å². The number of hydrogen-bond acceptors (Lipinski definition) is 4. The van der Waals surface area contributed by atoms with E-state index in [4.69, 9.17) is 4.42 Å². The summed E-state index contributed by atoms with van der Waals surface area (Å²) >= 11 is 0. The van der Waals surface area contributed by atoms with Crippen LogP contribution >= 0.6 is 0 Å². The van der Waals surface area contributed by atoms with Crippen molar-refractivity contribution >= 4 is 0 Å². The van der Waals surface area contributed by atoms with Gasteiger partial charge in [-0.2, -0.15) is 5.10 Å². The van der Waals surface area contributed by atoms with Crippen LogP contribution in [0.25, 0.3) is 11.6 Å². The first-order valence-electron chi connectivity index (χ1n) is 7.61. The molecule has 0 fully saturated rings. The molecule has 0 amide bonds. The molecule has 2 aromatic heterocycles. The van der Waals surface area contributed by atoms with E-state index >= 15 is 0 Å². The number of rotatable bonds is 3. The average Bonchev–Trinajstić information content (AvgIpc) is 3.23. The molecule has 0 saturated heterocycles. The Morgan fingerprint density at radius 1 is 1.14 bits per heavy atom. The second kappa shape index (κ2) is 4.80. The highest BCUT2D eigenvalue weighted by Crippen LogP contribution is 2.32. The summed E-state index contributed by atoms with van der Waals surface area (Å²) in [5.74, 6) is 1.11. The zero-order valence-electron chi connectivity index (χ0n) is 12.8.